The molecule has 0 aliphatic carbocycles. The summed E-state index contributed by atoms with van der Waals surface area (Å²) in [6, 6.07) is 8.23. The topological polar surface area (TPSA) is 54.0 Å². The van der Waals surface area contributed by atoms with E-state index in [0.29, 0.717) is 0 Å². The van der Waals surface area contributed by atoms with Crippen molar-refractivity contribution in [1.82, 2.24) is 19.9 Å². The first-order valence-electron chi connectivity index (χ1n) is 9.56. The third kappa shape index (κ3) is 3.72. The van der Waals surface area contributed by atoms with Gasteiger partial charge in [0.15, 0.2) is 0 Å². The summed E-state index contributed by atoms with van der Waals surface area (Å²) in [6.07, 6.45) is 8.23. The van der Waals surface area contributed by atoms with Gasteiger partial charge in [-0.15, -0.1) is 22.1 Å². The molecule has 30 heavy (non-hydrogen) atoms. The first kappa shape index (κ1) is 21.2. The number of aromatic nitrogens is 4. The van der Waals surface area contributed by atoms with Crippen LogP contribution in [-0.2, 0) is 14.8 Å². The molecule has 152 valence electrons. The van der Waals surface area contributed by atoms with Gasteiger partial charge in [-0.3, -0.25) is 0 Å². The first-order chi connectivity index (χ1) is 14.5. The second-order valence-corrected chi connectivity index (χ2v) is 7.36. The van der Waals surface area contributed by atoms with E-state index in [4.69, 9.17) is 19.9 Å². The van der Waals surface area contributed by atoms with Crippen molar-refractivity contribution in [1.29, 1.82) is 0 Å². The molecule has 0 N–H and O–H groups in total. The van der Waals surface area contributed by atoms with Gasteiger partial charge in [0, 0.05) is 5.56 Å². The van der Waals surface area contributed by atoms with Crippen LogP contribution in [0.5, 0.6) is 0 Å². The van der Waals surface area contributed by atoms with Gasteiger partial charge in [-0.2, -0.15) is 0 Å². The number of fused-ring (bicyclic) bond motifs is 8. The number of nitrogens with zero attached hydrogens (tertiary/aromatic N) is 4. The molecule has 0 atom stereocenters. The van der Waals surface area contributed by atoms with Crippen molar-refractivity contribution in [3.8, 4) is 0 Å². The molecule has 3 aromatic heterocycles. The predicted molar refractivity (Wildman–Crippen MR) is 130 cm³/mol. The SMILES string of the molecule is Cc1c2nc(c(C)c3ccc([n-]3)c(C)c3ccc([n-]3)c(C)c3nc1C=C3)C=C2.[Rh+2][I]. The van der Waals surface area contributed by atoms with Crippen LogP contribution in [0.15, 0.2) is 24.3 Å². The molecule has 3 aromatic rings. The van der Waals surface area contributed by atoms with Crippen LogP contribution < -0.4 is 9.97 Å². The van der Waals surface area contributed by atoms with E-state index in [0.717, 1.165) is 67.1 Å². The van der Waals surface area contributed by atoms with Crippen LogP contribution in [0.1, 0.15) is 45.0 Å². The molecule has 2 aliphatic rings. The summed E-state index contributed by atoms with van der Waals surface area (Å²) in [4.78, 5) is 19.4. The van der Waals surface area contributed by atoms with Gasteiger partial charge in [-0.1, -0.05) is 29.8 Å². The van der Waals surface area contributed by atoms with E-state index in [1.807, 2.05) is 19.8 Å². The van der Waals surface area contributed by atoms with Gasteiger partial charge in [0.2, 0.25) is 0 Å². The molecule has 0 unspecified atom stereocenters. The fourth-order valence-electron chi connectivity index (χ4n) is 3.64. The van der Waals surface area contributed by atoms with Crippen molar-refractivity contribution in [2.75, 3.05) is 0 Å². The zero-order chi connectivity index (χ0) is 21.4. The summed E-state index contributed by atoms with van der Waals surface area (Å²) in [6.45, 7) is 8.29. The Hall–Kier alpha value is -2.05. The van der Waals surface area contributed by atoms with Gasteiger partial charge in [0.05, 0.1) is 22.8 Å². The Labute approximate surface area is 196 Å². The zero-order valence-corrected chi connectivity index (χ0v) is 20.9. The Balaban J connectivity index is 0.00000106. The van der Waals surface area contributed by atoms with E-state index in [9.17, 15) is 0 Å². The van der Waals surface area contributed by atoms with Crippen molar-refractivity contribution in [3.63, 3.8) is 0 Å². The van der Waals surface area contributed by atoms with Crippen LogP contribution in [0.25, 0.3) is 46.4 Å². The van der Waals surface area contributed by atoms with Crippen molar-refractivity contribution in [3.05, 3.63) is 69.3 Å². The second-order valence-electron chi connectivity index (χ2n) is 7.36. The molecule has 0 amide bonds. The standard InChI is InChI=1S/C24H20N4.HI.Rh/c1-13-17-5-7-19(25-17)14(2)21-9-11-23(27-21)16(4)24-12-10-22(28-24)15(3)20-8-6-18(13)26-20;;/h5-12H,1-4H3;1H;/q-2;;+3/p-1. The summed E-state index contributed by atoms with van der Waals surface area (Å²) in [5.41, 5.74) is 11.9. The molecule has 8 bridgehead atoms. The maximum absolute atomic E-state index is 4.84. The predicted octanol–water partition coefficient (Wildman–Crippen LogP) is 6.03. The van der Waals surface area contributed by atoms with Crippen LogP contribution in [0.4, 0.5) is 0 Å². The third-order valence-electron chi connectivity index (χ3n) is 5.63. The molecular weight excluding hydrogens is 574 g/mol. The van der Waals surface area contributed by atoms with Crippen LogP contribution in [0, 0.1) is 27.7 Å². The van der Waals surface area contributed by atoms with Gasteiger partial charge in [-0.25, -0.2) is 9.97 Å². The molecular formula is C24H20IN4Rh. The van der Waals surface area contributed by atoms with Gasteiger partial charge in [-0.05, 0) is 63.1 Å². The minimum atomic E-state index is 0.951. The molecule has 5 rings (SSSR count). The summed E-state index contributed by atoms with van der Waals surface area (Å²) in [5.74, 6) is 0. The van der Waals surface area contributed by atoms with Crippen LogP contribution in [-0.4, -0.2) is 9.97 Å². The number of halogens is 1. The molecule has 0 saturated carbocycles. The van der Waals surface area contributed by atoms with Crippen molar-refractivity contribution < 1.29 is 14.8 Å². The van der Waals surface area contributed by atoms with E-state index in [-0.39, 0.29) is 0 Å². The summed E-state index contributed by atoms with van der Waals surface area (Å²) >= 11 is 4.56. The Morgan fingerprint density at radius 2 is 0.833 bits per heavy atom. The fourth-order valence-corrected chi connectivity index (χ4v) is 3.64. The van der Waals surface area contributed by atoms with Gasteiger partial charge in [0.1, 0.15) is 0 Å². The second kappa shape index (κ2) is 8.60. The van der Waals surface area contributed by atoms with Gasteiger partial charge < -0.3 is 9.97 Å². The third-order valence-corrected chi connectivity index (χ3v) is 5.63. The first-order valence-corrected chi connectivity index (χ1v) is 14.4. The van der Waals surface area contributed by atoms with Gasteiger partial charge in [0.25, 0.3) is 0 Å². The molecule has 5 heterocycles. The Kier molecular flexibility index (Phi) is 6.07. The van der Waals surface area contributed by atoms with Crippen LogP contribution in [0.3, 0.4) is 0 Å². The average Bonchev–Trinajstić information content (AvgIpc) is 3.58. The molecule has 2 aliphatic heterocycles. The summed E-state index contributed by atoms with van der Waals surface area (Å²) in [7, 11) is 0. The number of aryl methyl sites for hydroxylation is 3. The van der Waals surface area contributed by atoms with E-state index in [1.54, 1.807) is 0 Å². The van der Waals surface area contributed by atoms with E-state index in [2.05, 4.69) is 91.1 Å². The molecule has 0 fully saturated rings. The summed E-state index contributed by atoms with van der Waals surface area (Å²) < 4.78 is 0. The van der Waals surface area contributed by atoms with Crippen molar-refractivity contribution in [2.24, 2.45) is 0 Å². The Morgan fingerprint density at radius 3 is 1.20 bits per heavy atom. The monoisotopic (exact) mass is 594 g/mol. The maximum atomic E-state index is 4.84. The Bertz CT molecular complexity index is 1260. The molecule has 6 heteroatoms. The van der Waals surface area contributed by atoms with Crippen LogP contribution >= 0.6 is 19.8 Å². The van der Waals surface area contributed by atoms with Crippen molar-refractivity contribution in [2.45, 2.75) is 27.7 Å². The van der Waals surface area contributed by atoms with Crippen molar-refractivity contribution >= 4 is 66.1 Å². The molecule has 0 aromatic carbocycles. The number of rotatable bonds is 0. The minimum absolute atomic E-state index is 0.951. The normalized spacial score (nSPS) is 12.1. The number of hydrogen-bond donors (Lipinski definition) is 0. The quantitative estimate of drug-likeness (QED) is 0.162. The molecule has 0 spiro atoms. The van der Waals surface area contributed by atoms with E-state index < -0.39 is 0 Å². The summed E-state index contributed by atoms with van der Waals surface area (Å²) in [5, 5.41) is 0. The Morgan fingerprint density at radius 1 is 0.533 bits per heavy atom. The molecule has 4 nitrogen and oxygen atoms in total. The molecule has 0 saturated heterocycles. The average molecular weight is 594 g/mol. The fraction of sp³-hybridized carbons (Fsp3) is 0.167. The van der Waals surface area contributed by atoms with E-state index >= 15 is 0 Å². The van der Waals surface area contributed by atoms with Crippen LogP contribution in [0.2, 0.25) is 0 Å². The van der Waals surface area contributed by atoms with E-state index in [1.165, 1.54) is 0 Å². The zero-order valence-electron chi connectivity index (χ0n) is 17.1. The number of hydrogen-bond acceptors (Lipinski definition) is 2. The molecule has 0 radical (unpaired) electrons. The van der Waals surface area contributed by atoms with Gasteiger partial charge >= 0.3 is 34.5 Å².